The van der Waals surface area contributed by atoms with Crippen LogP contribution in [-0.2, 0) is 14.3 Å². The first kappa shape index (κ1) is 8.01. The molecule has 1 atom stereocenters. The zero-order valence-electron chi connectivity index (χ0n) is 6.04. The quantitative estimate of drug-likeness (QED) is 0.566. The van der Waals surface area contributed by atoms with Gasteiger partial charge in [0.05, 0.1) is 12.4 Å². The van der Waals surface area contributed by atoms with Gasteiger partial charge in [-0.25, -0.2) is 0 Å². The second-order valence-corrected chi connectivity index (χ2v) is 4.35. The summed E-state index contributed by atoms with van der Waals surface area (Å²) in [7, 11) is -3.12. The molecule has 1 saturated heterocycles. The number of rotatable bonds is 2. The molecule has 1 rings (SSSR count). The summed E-state index contributed by atoms with van der Waals surface area (Å²) in [5.74, 6) is 0.468. The monoisotopic (exact) mass is 164 g/mol. The first-order chi connectivity index (χ1) is 4.64. The first-order valence-corrected chi connectivity index (χ1v) is 5.09. The highest BCUT2D eigenvalue weighted by atomic mass is 32.2. The fourth-order valence-electron chi connectivity index (χ4n) is 1.16. The Kier molecular flexibility index (Phi) is 2.31. The Balaban J connectivity index is 2.44. The first-order valence-electron chi connectivity index (χ1n) is 3.51. The lowest BCUT2D eigenvalue weighted by Crippen LogP contribution is -2.04. The van der Waals surface area contributed by atoms with Gasteiger partial charge in [-0.2, -0.15) is 8.42 Å². The van der Waals surface area contributed by atoms with Crippen molar-refractivity contribution in [2.75, 3.05) is 12.4 Å². The standard InChI is InChI=1S/C6H12O3S/c1-2-3-6-4-9-10(7,8)5-6/h6H,2-5H2,1H3. The lowest BCUT2D eigenvalue weighted by Gasteiger charge is -1.99. The summed E-state index contributed by atoms with van der Waals surface area (Å²) in [5, 5.41) is 0. The second kappa shape index (κ2) is 2.88. The van der Waals surface area contributed by atoms with Gasteiger partial charge in [0.1, 0.15) is 0 Å². The van der Waals surface area contributed by atoms with Crippen molar-refractivity contribution in [1.29, 1.82) is 0 Å². The van der Waals surface area contributed by atoms with Crippen LogP contribution in [0.5, 0.6) is 0 Å². The lowest BCUT2D eigenvalue weighted by molar-refractivity contribution is 0.304. The maximum absolute atomic E-state index is 10.7. The Morgan fingerprint density at radius 2 is 2.30 bits per heavy atom. The zero-order chi connectivity index (χ0) is 7.61. The smallest absolute Gasteiger partial charge is 0.267 e. The minimum absolute atomic E-state index is 0.223. The fourth-order valence-corrected chi connectivity index (χ4v) is 2.50. The van der Waals surface area contributed by atoms with Crippen LogP contribution in [0.3, 0.4) is 0 Å². The molecule has 0 bridgehead atoms. The Hall–Kier alpha value is -0.0900. The van der Waals surface area contributed by atoms with Gasteiger partial charge in [-0.1, -0.05) is 13.3 Å². The highest BCUT2D eigenvalue weighted by Crippen LogP contribution is 2.18. The van der Waals surface area contributed by atoms with E-state index in [1.165, 1.54) is 0 Å². The average molecular weight is 164 g/mol. The van der Waals surface area contributed by atoms with Crippen molar-refractivity contribution in [2.24, 2.45) is 5.92 Å². The third kappa shape index (κ3) is 1.95. The molecule has 0 saturated carbocycles. The van der Waals surface area contributed by atoms with Crippen molar-refractivity contribution < 1.29 is 12.6 Å². The van der Waals surface area contributed by atoms with E-state index in [9.17, 15) is 8.42 Å². The molecule has 0 aromatic carbocycles. The molecule has 1 aliphatic heterocycles. The summed E-state index contributed by atoms with van der Waals surface area (Å²) in [6, 6.07) is 0. The van der Waals surface area contributed by atoms with Crippen LogP contribution in [0.25, 0.3) is 0 Å². The van der Waals surface area contributed by atoms with E-state index in [1.807, 2.05) is 6.92 Å². The third-order valence-corrected chi connectivity index (χ3v) is 2.99. The molecule has 0 aromatic rings. The summed E-state index contributed by atoms with van der Waals surface area (Å²) >= 11 is 0. The zero-order valence-corrected chi connectivity index (χ0v) is 6.86. The van der Waals surface area contributed by atoms with Gasteiger partial charge >= 0.3 is 0 Å². The molecule has 0 amide bonds. The third-order valence-electron chi connectivity index (χ3n) is 1.62. The topological polar surface area (TPSA) is 43.4 Å². The summed E-state index contributed by atoms with van der Waals surface area (Å²) in [4.78, 5) is 0. The van der Waals surface area contributed by atoms with E-state index in [-0.39, 0.29) is 11.7 Å². The molecule has 4 heteroatoms. The van der Waals surface area contributed by atoms with Crippen molar-refractivity contribution in [3.05, 3.63) is 0 Å². The average Bonchev–Trinajstić information content (AvgIpc) is 2.12. The number of hydrogen-bond donors (Lipinski definition) is 0. The predicted octanol–water partition coefficient (Wildman–Crippen LogP) is 0.763. The molecule has 1 heterocycles. The highest BCUT2D eigenvalue weighted by Gasteiger charge is 2.27. The van der Waals surface area contributed by atoms with Gasteiger partial charge in [0.25, 0.3) is 10.1 Å². The van der Waals surface area contributed by atoms with Crippen molar-refractivity contribution in [1.82, 2.24) is 0 Å². The maximum atomic E-state index is 10.7. The van der Waals surface area contributed by atoms with Gasteiger partial charge in [0.15, 0.2) is 0 Å². The van der Waals surface area contributed by atoms with Crippen molar-refractivity contribution in [3.63, 3.8) is 0 Å². The predicted molar refractivity (Wildman–Crippen MR) is 38.1 cm³/mol. The van der Waals surface area contributed by atoms with Crippen LogP contribution in [0.4, 0.5) is 0 Å². The van der Waals surface area contributed by atoms with E-state index in [2.05, 4.69) is 4.18 Å². The fraction of sp³-hybridized carbons (Fsp3) is 1.00. The Morgan fingerprint density at radius 3 is 2.70 bits per heavy atom. The van der Waals surface area contributed by atoms with Crippen molar-refractivity contribution in [2.45, 2.75) is 19.8 Å². The molecule has 3 nitrogen and oxygen atoms in total. The summed E-state index contributed by atoms with van der Waals surface area (Å²) in [6.45, 7) is 2.45. The molecular weight excluding hydrogens is 152 g/mol. The van der Waals surface area contributed by atoms with E-state index in [1.54, 1.807) is 0 Å². The summed E-state index contributed by atoms with van der Waals surface area (Å²) in [5.41, 5.74) is 0. The van der Waals surface area contributed by atoms with E-state index < -0.39 is 10.1 Å². The van der Waals surface area contributed by atoms with Crippen LogP contribution < -0.4 is 0 Å². The largest absolute Gasteiger partial charge is 0.270 e. The van der Waals surface area contributed by atoms with Gasteiger partial charge < -0.3 is 0 Å². The molecule has 0 aromatic heterocycles. The summed E-state index contributed by atoms with van der Waals surface area (Å²) < 4.78 is 26.0. The molecule has 1 aliphatic rings. The van der Waals surface area contributed by atoms with Crippen LogP contribution in [0.1, 0.15) is 19.8 Å². The molecule has 0 radical (unpaired) electrons. The van der Waals surface area contributed by atoms with E-state index in [0.29, 0.717) is 6.61 Å². The lowest BCUT2D eigenvalue weighted by atomic mass is 10.1. The van der Waals surface area contributed by atoms with E-state index in [0.717, 1.165) is 12.8 Å². The molecule has 0 N–H and O–H groups in total. The van der Waals surface area contributed by atoms with Gasteiger partial charge in [-0.15, -0.1) is 0 Å². The molecule has 0 spiro atoms. The minimum Gasteiger partial charge on any atom is -0.270 e. The summed E-state index contributed by atoms with van der Waals surface area (Å²) in [6.07, 6.45) is 1.99. The van der Waals surface area contributed by atoms with E-state index >= 15 is 0 Å². The maximum Gasteiger partial charge on any atom is 0.267 e. The van der Waals surface area contributed by atoms with Crippen LogP contribution in [0, 0.1) is 5.92 Å². The van der Waals surface area contributed by atoms with Gasteiger partial charge in [-0.3, -0.25) is 4.18 Å². The van der Waals surface area contributed by atoms with Crippen LogP contribution in [-0.4, -0.2) is 20.8 Å². The van der Waals surface area contributed by atoms with Crippen LogP contribution >= 0.6 is 0 Å². The van der Waals surface area contributed by atoms with E-state index in [4.69, 9.17) is 0 Å². The van der Waals surface area contributed by atoms with Crippen LogP contribution in [0.15, 0.2) is 0 Å². The van der Waals surface area contributed by atoms with Gasteiger partial charge in [-0.05, 0) is 12.3 Å². The second-order valence-electron chi connectivity index (χ2n) is 2.66. The normalized spacial score (nSPS) is 30.7. The molecule has 10 heavy (non-hydrogen) atoms. The Bertz CT molecular complexity index is 195. The Labute approximate surface area is 61.5 Å². The SMILES string of the molecule is CCCC1COS(=O)(=O)C1. The molecule has 1 fully saturated rings. The highest BCUT2D eigenvalue weighted by molar-refractivity contribution is 7.86. The minimum atomic E-state index is -3.12. The molecular formula is C6H12O3S. The van der Waals surface area contributed by atoms with Gasteiger partial charge in [0, 0.05) is 0 Å². The van der Waals surface area contributed by atoms with Gasteiger partial charge in [0.2, 0.25) is 0 Å². The number of hydrogen-bond acceptors (Lipinski definition) is 3. The van der Waals surface area contributed by atoms with Crippen molar-refractivity contribution in [3.8, 4) is 0 Å². The van der Waals surface area contributed by atoms with Crippen LogP contribution in [0.2, 0.25) is 0 Å². The molecule has 0 aliphatic carbocycles. The Morgan fingerprint density at radius 1 is 1.60 bits per heavy atom. The molecule has 60 valence electrons. The van der Waals surface area contributed by atoms with Crippen molar-refractivity contribution >= 4 is 10.1 Å². The molecule has 1 unspecified atom stereocenters.